The molecular formula is C15H20N4O2S. The molecule has 3 heterocycles. The smallest absolute Gasteiger partial charge is 0.246 e. The maximum absolute atomic E-state index is 12.6. The quantitative estimate of drug-likeness (QED) is 0.679. The summed E-state index contributed by atoms with van der Waals surface area (Å²) in [5.74, 6) is 0.144. The minimum Gasteiger partial charge on any atom is -0.381 e. The minimum atomic E-state index is -0.145. The van der Waals surface area contributed by atoms with Crippen molar-refractivity contribution in [2.45, 2.75) is 38.1 Å². The number of aromatic nitrogens is 1. The monoisotopic (exact) mass is 320 g/mol. The number of ether oxygens (including phenoxy) is 1. The van der Waals surface area contributed by atoms with Crippen LogP contribution in [0, 0.1) is 17.4 Å². The van der Waals surface area contributed by atoms with E-state index in [1.54, 1.807) is 0 Å². The van der Waals surface area contributed by atoms with Gasteiger partial charge in [0.25, 0.3) is 0 Å². The second-order valence-electron chi connectivity index (χ2n) is 5.84. The molecule has 0 aliphatic carbocycles. The molecule has 0 aromatic carbocycles. The third-order valence-electron chi connectivity index (χ3n) is 4.49. The Kier molecular flexibility index (Phi) is 4.71. The lowest BCUT2D eigenvalue weighted by Gasteiger charge is -2.20. The van der Waals surface area contributed by atoms with Crippen LogP contribution in [-0.2, 0) is 9.53 Å². The zero-order valence-corrected chi connectivity index (χ0v) is 13.4. The molecule has 0 radical (unpaired) electrons. The van der Waals surface area contributed by atoms with Crippen LogP contribution < -0.4 is 10.2 Å². The zero-order chi connectivity index (χ0) is 15.5. The van der Waals surface area contributed by atoms with Crippen LogP contribution in [0.2, 0.25) is 0 Å². The van der Waals surface area contributed by atoms with Gasteiger partial charge in [-0.2, -0.15) is 10.2 Å². The molecule has 6 nitrogen and oxygen atoms in total. The van der Waals surface area contributed by atoms with Crippen molar-refractivity contribution in [3.8, 4) is 6.19 Å². The van der Waals surface area contributed by atoms with E-state index in [9.17, 15) is 10.1 Å². The highest BCUT2D eigenvalue weighted by Crippen LogP contribution is 2.34. The number of nitrogens with one attached hydrogen (secondary N) is 1. The molecule has 7 heteroatoms. The van der Waals surface area contributed by atoms with Crippen LogP contribution in [-0.4, -0.2) is 36.7 Å². The number of rotatable bonds is 3. The average Bonchev–Trinajstić information content (AvgIpc) is 3.18. The summed E-state index contributed by atoms with van der Waals surface area (Å²) in [6.45, 7) is 4.34. The summed E-state index contributed by atoms with van der Waals surface area (Å²) in [6, 6.07) is 0.110. The highest BCUT2D eigenvalue weighted by Gasteiger charge is 2.34. The Balaban J connectivity index is 1.75. The maximum atomic E-state index is 12.6. The fraction of sp³-hybridized carbons (Fsp3) is 0.667. The number of nitrogens with zero attached hydrogens (tertiary/aromatic N) is 3. The van der Waals surface area contributed by atoms with Gasteiger partial charge >= 0.3 is 0 Å². The summed E-state index contributed by atoms with van der Waals surface area (Å²) in [7, 11) is 0. The van der Waals surface area contributed by atoms with Gasteiger partial charge in [-0.3, -0.25) is 4.79 Å². The van der Waals surface area contributed by atoms with Gasteiger partial charge in [-0.1, -0.05) is 0 Å². The maximum Gasteiger partial charge on any atom is 0.246 e. The van der Waals surface area contributed by atoms with Crippen molar-refractivity contribution in [2.75, 3.05) is 24.7 Å². The van der Waals surface area contributed by atoms with Gasteiger partial charge in [0.05, 0.1) is 5.92 Å². The van der Waals surface area contributed by atoms with Gasteiger partial charge in [0.1, 0.15) is 0 Å². The third kappa shape index (κ3) is 3.00. The first-order chi connectivity index (χ1) is 10.7. The molecule has 1 N–H and O–H groups in total. The molecule has 0 saturated carbocycles. The number of anilines is 1. The lowest BCUT2D eigenvalue weighted by Crippen LogP contribution is -2.37. The van der Waals surface area contributed by atoms with Crippen LogP contribution in [0.3, 0.4) is 0 Å². The van der Waals surface area contributed by atoms with Gasteiger partial charge in [0, 0.05) is 30.3 Å². The van der Waals surface area contributed by atoms with Crippen molar-refractivity contribution < 1.29 is 9.53 Å². The van der Waals surface area contributed by atoms with E-state index in [0.717, 1.165) is 43.9 Å². The van der Waals surface area contributed by atoms with E-state index in [4.69, 9.17) is 4.74 Å². The summed E-state index contributed by atoms with van der Waals surface area (Å²) in [4.78, 5) is 19.2. The van der Waals surface area contributed by atoms with Crippen LogP contribution in [0.1, 0.15) is 37.0 Å². The van der Waals surface area contributed by atoms with Crippen LogP contribution in [0.25, 0.3) is 0 Å². The molecule has 0 bridgehead atoms. The number of carbonyl (C=O) groups is 1. The van der Waals surface area contributed by atoms with E-state index in [0.29, 0.717) is 11.0 Å². The molecule has 0 spiro atoms. The van der Waals surface area contributed by atoms with E-state index in [2.05, 4.69) is 10.3 Å². The number of amides is 1. The summed E-state index contributed by atoms with van der Waals surface area (Å²) in [5, 5.41) is 13.1. The summed E-state index contributed by atoms with van der Waals surface area (Å²) in [6.07, 6.45) is 6.55. The highest BCUT2D eigenvalue weighted by molar-refractivity contribution is 7.15. The normalized spacial score (nSPS) is 25.8. The fourth-order valence-corrected chi connectivity index (χ4v) is 4.15. The molecule has 2 aliphatic heterocycles. The van der Waals surface area contributed by atoms with E-state index in [-0.39, 0.29) is 17.9 Å². The van der Waals surface area contributed by atoms with E-state index in [1.165, 1.54) is 16.2 Å². The van der Waals surface area contributed by atoms with Crippen LogP contribution in [0.5, 0.6) is 0 Å². The highest BCUT2D eigenvalue weighted by atomic mass is 32.1. The van der Waals surface area contributed by atoms with Crippen LogP contribution in [0.15, 0.2) is 6.20 Å². The molecule has 0 unspecified atom stereocenters. The molecule has 2 fully saturated rings. The minimum absolute atomic E-state index is 0.110. The largest absolute Gasteiger partial charge is 0.381 e. The number of thiazole rings is 1. The Morgan fingerprint density at radius 2 is 2.27 bits per heavy atom. The molecule has 118 valence electrons. The van der Waals surface area contributed by atoms with Crippen LogP contribution in [0.4, 0.5) is 5.13 Å². The average molecular weight is 320 g/mol. The van der Waals surface area contributed by atoms with Crippen molar-refractivity contribution in [3.05, 3.63) is 11.1 Å². The summed E-state index contributed by atoms with van der Waals surface area (Å²) < 4.78 is 5.37. The summed E-state index contributed by atoms with van der Waals surface area (Å²) in [5.41, 5.74) is 0. The second kappa shape index (κ2) is 6.73. The van der Waals surface area contributed by atoms with Gasteiger partial charge in [0.2, 0.25) is 11.0 Å². The molecule has 1 amide bonds. The topological polar surface area (TPSA) is 78.3 Å². The Bertz CT molecular complexity index is 576. The summed E-state index contributed by atoms with van der Waals surface area (Å²) >= 11 is 1.46. The molecule has 2 saturated heterocycles. The standard InChI is InChI=1S/C15H20N4O2S/c1-10-12(2-5-17-10)14(20)19(9-16)15-18-8-13(22-15)11-3-6-21-7-4-11/h8,10-12,17H,2-7H2,1H3/t10-,12-/m0/s1. The predicted molar refractivity (Wildman–Crippen MR) is 83.6 cm³/mol. The molecule has 1 aromatic heterocycles. The van der Waals surface area contributed by atoms with Gasteiger partial charge in [-0.05, 0) is 38.6 Å². The van der Waals surface area contributed by atoms with Gasteiger partial charge in [-0.15, -0.1) is 11.3 Å². The lowest BCUT2D eigenvalue weighted by atomic mass is 9.99. The molecular weight excluding hydrogens is 300 g/mol. The molecule has 22 heavy (non-hydrogen) atoms. The number of hydrogen-bond acceptors (Lipinski definition) is 6. The number of nitriles is 1. The van der Waals surface area contributed by atoms with Crippen molar-refractivity contribution >= 4 is 22.4 Å². The lowest BCUT2D eigenvalue weighted by molar-refractivity contribution is -0.121. The van der Waals surface area contributed by atoms with E-state index in [1.807, 2.05) is 19.3 Å². The Morgan fingerprint density at radius 1 is 1.50 bits per heavy atom. The van der Waals surface area contributed by atoms with Gasteiger partial charge in [0.15, 0.2) is 6.19 Å². The SMILES string of the molecule is C[C@@H]1NCC[C@@H]1C(=O)N(C#N)c1ncc(C2CCOCC2)s1. The first-order valence-corrected chi connectivity index (χ1v) is 8.53. The van der Waals surface area contributed by atoms with E-state index >= 15 is 0 Å². The first kappa shape index (κ1) is 15.4. The van der Waals surface area contributed by atoms with Gasteiger partial charge < -0.3 is 10.1 Å². The zero-order valence-electron chi connectivity index (χ0n) is 12.6. The molecule has 2 aliphatic rings. The first-order valence-electron chi connectivity index (χ1n) is 7.71. The van der Waals surface area contributed by atoms with Gasteiger partial charge in [-0.25, -0.2) is 4.98 Å². The van der Waals surface area contributed by atoms with Crippen molar-refractivity contribution in [2.24, 2.45) is 5.92 Å². The fourth-order valence-electron chi connectivity index (χ4n) is 3.10. The Labute approximate surface area is 134 Å². The Hall–Kier alpha value is -1.49. The molecule has 1 aromatic rings. The van der Waals surface area contributed by atoms with E-state index < -0.39 is 0 Å². The Morgan fingerprint density at radius 3 is 2.91 bits per heavy atom. The van der Waals surface area contributed by atoms with Crippen LogP contribution >= 0.6 is 11.3 Å². The second-order valence-corrected chi connectivity index (χ2v) is 6.88. The van der Waals surface area contributed by atoms with Crippen molar-refractivity contribution in [1.29, 1.82) is 5.26 Å². The van der Waals surface area contributed by atoms with Crippen molar-refractivity contribution in [3.63, 3.8) is 0 Å². The predicted octanol–water partition coefficient (Wildman–Crippen LogP) is 1.85. The van der Waals surface area contributed by atoms with Crippen molar-refractivity contribution in [1.82, 2.24) is 10.3 Å². The molecule has 2 atom stereocenters. The number of carbonyl (C=O) groups excluding carboxylic acids is 1. The molecule has 3 rings (SSSR count). The third-order valence-corrected chi connectivity index (χ3v) is 5.63. The number of hydrogen-bond donors (Lipinski definition) is 1.